The van der Waals surface area contributed by atoms with Gasteiger partial charge in [0.25, 0.3) is 0 Å². The number of aromatic nitrogens is 2. The molecule has 47 heavy (non-hydrogen) atoms. The number of nitrogens with two attached hydrogens (primary N) is 1. The summed E-state index contributed by atoms with van der Waals surface area (Å²) in [6.45, 7) is 6.76. The molecule has 11 nitrogen and oxygen atoms in total. The molecule has 4 aliphatic carbocycles. The molecule has 0 radical (unpaired) electrons. The van der Waals surface area contributed by atoms with Gasteiger partial charge in [0.2, 0.25) is 5.91 Å². The summed E-state index contributed by atoms with van der Waals surface area (Å²) in [6, 6.07) is 0. The van der Waals surface area contributed by atoms with Gasteiger partial charge in [0, 0.05) is 19.0 Å². The summed E-state index contributed by atoms with van der Waals surface area (Å²) in [4.78, 5) is 29.0. The smallest absolute Gasteiger partial charge is 0.351 e. The maximum atomic E-state index is 12.8. The summed E-state index contributed by atoms with van der Waals surface area (Å²) in [7, 11) is 0. The highest BCUT2D eigenvalue weighted by molar-refractivity contribution is 5.76. The van der Waals surface area contributed by atoms with Gasteiger partial charge in [-0.3, -0.25) is 9.36 Å². The van der Waals surface area contributed by atoms with Crippen molar-refractivity contribution < 1.29 is 30.0 Å². The lowest BCUT2D eigenvalue weighted by atomic mass is 9.43. The van der Waals surface area contributed by atoms with Gasteiger partial charge in [0.05, 0.1) is 37.0 Å². The molecule has 4 saturated carbocycles. The topological polar surface area (TPSA) is 180 Å². The van der Waals surface area contributed by atoms with Crippen molar-refractivity contribution in [2.24, 2.45) is 46.3 Å². The van der Waals surface area contributed by atoms with Gasteiger partial charge in [-0.05, 0) is 104 Å². The quantitative estimate of drug-likeness (QED) is 0.241. The van der Waals surface area contributed by atoms with E-state index in [9.17, 15) is 30.0 Å². The molecule has 2 heterocycles. The van der Waals surface area contributed by atoms with Crippen LogP contribution in [0.4, 0.5) is 5.82 Å². The van der Waals surface area contributed by atoms with E-state index < -0.39 is 24.1 Å². The summed E-state index contributed by atoms with van der Waals surface area (Å²) >= 11 is 0. The lowest BCUT2D eigenvalue weighted by Crippen LogP contribution is -2.58. The molecule has 13 atom stereocenters. The molecule has 7 N–H and O–H groups in total. The predicted molar refractivity (Wildman–Crippen MR) is 175 cm³/mol. The number of hydrogen-bond donors (Lipinski definition) is 6. The van der Waals surface area contributed by atoms with Gasteiger partial charge in [0.1, 0.15) is 18.1 Å². The zero-order valence-electron chi connectivity index (χ0n) is 28.1. The number of nitrogen functional groups attached to an aromatic ring is 1. The van der Waals surface area contributed by atoms with Crippen LogP contribution >= 0.6 is 0 Å². The second-order valence-corrected chi connectivity index (χ2v) is 15.8. The van der Waals surface area contributed by atoms with E-state index in [-0.39, 0.29) is 54.3 Å². The van der Waals surface area contributed by atoms with Crippen LogP contribution in [-0.2, 0) is 9.53 Å². The van der Waals surface area contributed by atoms with Crippen molar-refractivity contribution in [2.75, 3.05) is 18.9 Å². The Morgan fingerprint density at radius 2 is 1.94 bits per heavy atom. The SMILES string of the molecule is C[C@H](CCC(=O)NCC#Cc1cn([C@H]2C[C@H](O)[C@@H](CO)O2)c(=O)nc1N)[C@H]1CC[C@H]2[C@@H]3CC[C@@H]4C[C@H](O)CC[C@]4(C)[C@H]3C[C@H](O)[C@]12C. The van der Waals surface area contributed by atoms with Crippen molar-refractivity contribution in [3.63, 3.8) is 0 Å². The molecular formula is C36H54N4O7. The number of carbonyl (C=O) groups excluding carboxylic acids is 1. The Morgan fingerprint density at radius 1 is 1.15 bits per heavy atom. The van der Waals surface area contributed by atoms with Crippen LogP contribution < -0.4 is 16.7 Å². The van der Waals surface area contributed by atoms with Crippen molar-refractivity contribution in [3.05, 3.63) is 22.2 Å². The fourth-order valence-corrected chi connectivity index (χ4v) is 10.9. The van der Waals surface area contributed by atoms with Crippen molar-refractivity contribution in [2.45, 2.75) is 122 Å². The molecule has 1 aliphatic heterocycles. The van der Waals surface area contributed by atoms with Crippen LogP contribution in [0, 0.1) is 58.2 Å². The Hall–Kier alpha value is -2.49. The predicted octanol–water partition coefficient (Wildman–Crippen LogP) is 2.34. The summed E-state index contributed by atoms with van der Waals surface area (Å²) in [5.41, 5.74) is 5.68. The van der Waals surface area contributed by atoms with E-state index in [2.05, 4.69) is 42.9 Å². The first-order valence-electron chi connectivity index (χ1n) is 17.8. The Bertz CT molecular complexity index is 1440. The van der Waals surface area contributed by atoms with Crippen LogP contribution in [0.2, 0.25) is 0 Å². The van der Waals surface area contributed by atoms with E-state index in [0.717, 1.165) is 44.9 Å². The number of rotatable bonds is 7. The molecule has 5 aliphatic rings. The molecule has 0 bridgehead atoms. The van der Waals surface area contributed by atoms with E-state index in [1.807, 2.05) is 0 Å². The first-order valence-corrected chi connectivity index (χ1v) is 17.8. The number of nitrogens with zero attached hydrogens (tertiary/aromatic N) is 2. The van der Waals surface area contributed by atoms with E-state index >= 15 is 0 Å². The number of amides is 1. The van der Waals surface area contributed by atoms with Gasteiger partial charge in [-0.25, -0.2) is 4.79 Å². The van der Waals surface area contributed by atoms with Crippen molar-refractivity contribution in [1.82, 2.24) is 14.9 Å². The lowest BCUT2D eigenvalue weighted by Gasteiger charge is -2.62. The van der Waals surface area contributed by atoms with Crippen LogP contribution in [0.5, 0.6) is 0 Å². The van der Waals surface area contributed by atoms with Crippen LogP contribution in [0.1, 0.15) is 103 Å². The first-order chi connectivity index (χ1) is 22.4. The number of aliphatic hydroxyl groups is 4. The minimum Gasteiger partial charge on any atom is -0.394 e. The number of nitrogens with one attached hydrogen (secondary N) is 1. The van der Waals surface area contributed by atoms with E-state index in [1.165, 1.54) is 23.6 Å². The Labute approximate surface area is 277 Å². The third kappa shape index (κ3) is 6.25. The summed E-state index contributed by atoms with van der Waals surface area (Å²) in [5, 5.41) is 44.4. The Kier molecular flexibility index (Phi) is 9.82. The molecule has 0 aromatic carbocycles. The molecule has 11 heteroatoms. The van der Waals surface area contributed by atoms with Gasteiger partial charge in [-0.1, -0.05) is 32.6 Å². The van der Waals surface area contributed by atoms with Crippen molar-refractivity contribution >= 4 is 11.7 Å². The molecule has 1 amide bonds. The summed E-state index contributed by atoms with van der Waals surface area (Å²) in [5.74, 6) is 8.56. The summed E-state index contributed by atoms with van der Waals surface area (Å²) < 4.78 is 6.78. The number of aliphatic hydroxyl groups excluding tert-OH is 4. The van der Waals surface area contributed by atoms with Crippen molar-refractivity contribution in [3.8, 4) is 11.8 Å². The summed E-state index contributed by atoms with van der Waals surface area (Å²) in [6.07, 6.45) is 8.08. The largest absolute Gasteiger partial charge is 0.394 e. The zero-order valence-corrected chi connectivity index (χ0v) is 28.1. The van der Waals surface area contributed by atoms with E-state index in [1.54, 1.807) is 0 Å². The fraction of sp³-hybridized carbons (Fsp3) is 0.806. The molecule has 1 saturated heterocycles. The second-order valence-electron chi connectivity index (χ2n) is 15.8. The maximum Gasteiger partial charge on any atom is 0.351 e. The monoisotopic (exact) mass is 654 g/mol. The van der Waals surface area contributed by atoms with Crippen LogP contribution in [-0.4, -0.2) is 73.5 Å². The highest BCUT2D eigenvalue weighted by atomic mass is 16.5. The standard InChI is InChI=1S/C36H54N4O7/c1-20(25-9-10-26-24-8-7-22-15-23(42)12-13-35(22,2)27(24)16-30(44)36(25,26)3)6-11-31(45)38-14-4-5-21-18-40(34(46)39-33(21)37)32-17-28(43)29(19-41)47-32/h18,20,22-30,32,41-44H,6-17,19H2,1-3H3,(H,38,45)(H2,37,39,46)/t20-,22-,23-,24+,25-,26+,27+,28+,29-,30+,32-,35+,36-/m1/s1. The van der Waals surface area contributed by atoms with Crippen LogP contribution in [0.25, 0.3) is 0 Å². The van der Waals surface area contributed by atoms with Gasteiger partial charge in [-0.15, -0.1) is 0 Å². The zero-order chi connectivity index (χ0) is 33.7. The average Bonchev–Trinajstić information content (AvgIpc) is 3.60. The maximum absolute atomic E-state index is 12.8. The van der Waals surface area contributed by atoms with Crippen LogP contribution in [0.3, 0.4) is 0 Å². The molecule has 260 valence electrons. The average molecular weight is 655 g/mol. The third-order valence-electron chi connectivity index (χ3n) is 13.6. The van der Waals surface area contributed by atoms with Gasteiger partial charge >= 0.3 is 5.69 Å². The van der Waals surface area contributed by atoms with Crippen LogP contribution in [0.15, 0.2) is 11.0 Å². The van der Waals surface area contributed by atoms with Gasteiger partial charge < -0.3 is 36.2 Å². The molecule has 1 aromatic heterocycles. The first kappa shape index (κ1) is 34.4. The number of carbonyl (C=O) groups is 1. The minimum atomic E-state index is -0.901. The molecule has 0 unspecified atom stereocenters. The highest BCUT2D eigenvalue weighted by Gasteiger charge is 2.63. The Balaban J connectivity index is 1.02. The van der Waals surface area contributed by atoms with E-state index in [4.69, 9.17) is 10.5 Å². The Morgan fingerprint density at radius 3 is 2.68 bits per heavy atom. The molecule has 6 rings (SSSR count). The molecule has 1 aromatic rings. The number of fused-ring (bicyclic) bond motifs is 5. The lowest BCUT2D eigenvalue weighted by molar-refractivity contribution is -0.174. The van der Waals surface area contributed by atoms with Crippen molar-refractivity contribution in [1.29, 1.82) is 0 Å². The normalized spacial score (nSPS) is 41.6. The van der Waals surface area contributed by atoms with Gasteiger partial charge in [-0.2, -0.15) is 4.98 Å². The third-order valence-corrected chi connectivity index (χ3v) is 13.6. The van der Waals surface area contributed by atoms with E-state index in [0.29, 0.717) is 47.5 Å². The minimum absolute atomic E-state index is 0.0320. The number of anilines is 1. The number of hydrogen-bond acceptors (Lipinski definition) is 9. The van der Waals surface area contributed by atoms with Gasteiger partial charge in [0.15, 0.2) is 0 Å². The highest BCUT2D eigenvalue weighted by Crippen LogP contribution is 2.68. The fourth-order valence-electron chi connectivity index (χ4n) is 10.9. The molecular weight excluding hydrogens is 600 g/mol. The second kappa shape index (κ2) is 13.4. The molecule has 5 fully saturated rings. The molecule has 0 spiro atoms. The number of ether oxygens (including phenoxy) is 1.